The number of rotatable bonds is 0. The minimum Gasteiger partial charge on any atom is -0.342 e. The summed E-state index contributed by atoms with van der Waals surface area (Å²) in [6, 6.07) is 1.25. The molecular formula is C6H6N6. The molecule has 0 unspecified atom stereocenters. The number of nitrogens with one attached hydrogen (secondary N) is 3. The second-order valence-corrected chi connectivity index (χ2v) is 1.79. The third-order valence-corrected chi connectivity index (χ3v) is 1.10. The molecule has 6 heteroatoms. The van der Waals surface area contributed by atoms with Gasteiger partial charge in [0.2, 0.25) is 0 Å². The van der Waals surface area contributed by atoms with Crippen LogP contribution in [0.15, 0.2) is 18.9 Å². The van der Waals surface area contributed by atoms with Crippen LogP contribution in [0.25, 0.3) is 11.2 Å². The van der Waals surface area contributed by atoms with Gasteiger partial charge >= 0.3 is 0 Å². The maximum absolute atomic E-state index is 5.62. The Morgan fingerprint density at radius 2 is 2.08 bits per heavy atom. The number of aromatic amines is 1. The van der Waals surface area contributed by atoms with Crippen LogP contribution in [0.3, 0.4) is 0 Å². The van der Waals surface area contributed by atoms with Gasteiger partial charge in [0.1, 0.15) is 11.8 Å². The maximum atomic E-state index is 5.62. The van der Waals surface area contributed by atoms with E-state index in [-0.39, 0.29) is 0 Å². The lowest BCUT2D eigenvalue weighted by Crippen LogP contribution is -1.76. The summed E-state index contributed by atoms with van der Waals surface area (Å²) in [6.07, 6.45) is 4.76. The van der Waals surface area contributed by atoms with Crippen molar-refractivity contribution in [2.24, 2.45) is 0 Å². The molecule has 0 aliphatic heterocycles. The number of fused-ring (bicyclic) bond motifs is 1. The number of imidazole rings is 1. The van der Waals surface area contributed by atoms with E-state index >= 15 is 0 Å². The molecule has 0 aliphatic rings. The van der Waals surface area contributed by atoms with E-state index in [2.05, 4.69) is 19.9 Å². The molecule has 60 valence electrons. The zero-order valence-electron chi connectivity index (χ0n) is 6.07. The highest BCUT2D eigenvalue weighted by atomic mass is 15.0. The molecule has 12 heavy (non-hydrogen) atoms. The first kappa shape index (κ1) is 8.03. The SMILES string of the molecule is N=C=N.c1ncc2[nH]cnc2n1. The number of H-pyrrole nitrogens is 1. The predicted octanol–water partition coefficient (Wildman–Crippen LogP) is 0.671. The van der Waals surface area contributed by atoms with Crippen molar-refractivity contribution in [2.75, 3.05) is 0 Å². The average molecular weight is 162 g/mol. The Hall–Kier alpha value is -2.07. The Bertz CT molecular complexity index is 355. The van der Waals surface area contributed by atoms with Crippen molar-refractivity contribution >= 4 is 17.2 Å². The summed E-state index contributed by atoms with van der Waals surface area (Å²) in [5.74, 6) is 0. The van der Waals surface area contributed by atoms with Crippen LogP contribution in [-0.2, 0) is 0 Å². The maximum Gasteiger partial charge on any atom is 0.180 e. The van der Waals surface area contributed by atoms with Gasteiger partial charge in [0.15, 0.2) is 5.65 Å². The molecule has 0 saturated heterocycles. The van der Waals surface area contributed by atoms with Crippen LogP contribution >= 0.6 is 0 Å². The molecule has 2 aromatic heterocycles. The first-order valence-corrected chi connectivity index (χ1v) is 3.06. The third-order valence-electron chi connectivity index (χ3n) is 1.10. The molecular weight excluding hydrogens is 156 g/mol. The third kappa shape index (κ3) is 1.71. The number of hydrogen-bond donors (Lipinski definition) is 3. The van der Waals surface area contributed by atoms with Crippen molar-refractivity contribution in [2.45, 2.75) is 0 Å². The number of nitrogens with zero attached hydrogens (tertiary/aromatic N) is 3. The second-order valence-electron chi connectivity index (χ2n) is 1.79. The van der Waals surface area contributed by atoms with Gasteiger partial charge in [-0.1, -0.05) is 0 Å². The molecule has 0 atom stereocenters. The van der Waals surface area contributed by atoms with Crippen molar-refractivity contribution in [1.82, 2.24) is 19.9 Å². The number of hydrogen-bond acceptors (Lipinski definition) is 5. The summed E-state index contributed by atoms with van der Waals surface area (Å²) in [4.78, 5) is 14.5. The van der Waals surface area contributed by atoms with Crippen molar-refractivity contribution in [1.29, 1.82) is 10.8 Å². The summed E-state index contributed by atoms with van der Waals surface area (Å²) >= 11 is 0. The summed E-state index contributed by atoms with van der Waals surface area (Å²) < 4.78 is 0. The van der Waals surface area contributed by atoms with Crippen molar-refractivity contribution in [3.05, 3.63) is 18.9 Å². The Morgan fingerprint density at radius 1 is 1.33 bits per heavy atom. The standard InChI is InChI=1S/C5H4N4.CH2N2/c1-4-5(8-2-6-1)9-3-7-4;2-1-3/h1-3H,(H,6,7,8,9);2-3H. The van der Waals surface area contributed by atoms with Gasteiger partial charge in [-0.25, -0.2) is 25.8 Å². The Morgan fingerprint density at radius 3 is 2.75 bits per heavy atom. The molecule has 0 aliphatic carbocycles. The quantitative estimate of drug-likeness (QED) is 0.496. The topological polar surface area (TPSA) is 102 Å². The van der Waals surface area contributed by atoms with Crippen molar-refractivity contribution < 1.29 is 0 Å². The summed E-state index contributed by atoms with van der Waals surface area (Å²) in [5, 5.41) is 11.2. The van der Waals surface area contributed by atoms with Gasteiger partial charge in [0, 0.05) is 0 Å². The minimum absolute atomic E-state index is 0.713. The number of aromatic nitrogens is 4. The van der Waals surface area contributed by atoms with Gasteiger partial charge in [0.25, 0.3) is 0 Å². The molecule has 0 bridgehead atoms. The summed E-state index contributed by atoms with van der Waals surface area (Å²) in [7, 11) is 0. The molecule has 2 rings (SSSR count). The Balaban J connectivity index is 0.000000213. The molecule has 0 amide bonds. The monoisotopic (exact) mass is 162 g/mol. The van der Waals surface area contributed by atoms with Crippen LogP contribution in [0.2, 0.25) is 0 Å². The lowest BCUT2D eigenvalue weighted by atomic mass is 10.6. The molecule has 0 aromatic carbocycles. The van der Waals surface area contributed by atoms with Gasteiger partial charge in [-0.15, -0.1) is 0 Å². The van der Waals surface area contributed by atoms with Crippen LogP contribution in [0.5, 0.6) is 0 Å². The van der Waals surface area contributed by atoms with Gasteiger partial charge < -0.3 is 4.98 Å². The normalized spacial score (nSPS) is 8.33. The van der Waals surface area contributed by atoms with Crippen LogP contribution in [0, 0.1) is 10.8 Å². The lowest BCUT2D eigenvalue weighted by Gasteiger charge is -1.80. The van der Waals surface area contributed by atoms with E-state index in [9.17, 15) is 0 Å². The van der Waals surface area contributed by atoms with Crippen molar-refractivity contribution in [3.63, 3.8) is 0 Å². The fraction of sp³-hybridized carbons (Fsp3) is 0. The van der Waals surface area contributed by atoms with Crippen LogP contribution in [0.1, 0.15) is 0 Å². The van der Waals surface area contributed by atoms with E-state index in [1.54, 1.807) is 12.5 Å². The van der Waals surface area contributed by atoms with E-state index < -0.39 is 0 Å². The highest BCUT2D eigenvalue weighted by Crippen LogP contribution is 1.99. The van der Waals surface area contributed by atoms with Gasteiger partial charge in [-0.2, -0.15) is 0 Å². The zero-order valence-corrected chi connectivity index (χ0v) is 6.07. The molecule has 0 saturated carbocycles. The smallest absolute Gasteiger partial charge is 0.180 e. The highest BCUT2D eigenvalue weighted by molar-refractivity contribution is 5.67. The van der Waals surface area contributed by atoms with Crippen LogP contribution in [-0.4, -0.2) is 25.9 Å². The first-order chi connectivity index (χ1) is 5.88. The van der Waals surface area contributed by atoms with Crippen LogP contribution in [0.4, 0.5) is 0 Å². The van der Waals surface area contributed by atoms with E-state index in [1.165, 1.54) is 12.3 Å². The van der Waals surface area contributed by atoms with E-state index in [0.29, 0.717) is 5.65 Å². The molecule has 0 radical (unpaired) electrons. The first-order valence-electron chi connectivity index (χ1n) is 3.06. The average Bonchev–Trinajstić information content (AvgIpc) is 2.52. The Labute approximate surface area is 67.7 Å². The second kappa shape index (κ2) is 3.95. The van der Waals surface area contributed by atoms with Crippen LogP contribution < -0.4 is 0 Å². The Kier molecular flexibility index (Phi) is 2.64. The molecule has 2 aromatic rings. The molecule has 0 fully saturated rings. The largest absolute Gasteiger partial charge is 0.342 e. The summed E-state index contributed by atoms with van der Waals surface area (Å²) in [6.45, 7) is 0. The fourth-order valence-electron chi connectivity index (χ4n) is 0.691. The molecule has 3 N–H and O–H groups in total. The van der Waals surface area contributed by atoms with E-state index in [0.717, 1.165) is 5.52 Å². The fourth-order valence-corrected chi connectivity index (χ4v) is 0.691. The van der Waals surface area contributed by atoms with Crippen molar-refractivity contribution in [3.8, 4) is 0 Å². The lowest BCUT2D eigenvalue weighted by molar-refractivity contribution is 1.20. The highest BCUT2D eigenvalue weighted by Gasteiger charge is 1.91. The molecule has 6 nitrogen and oxygen atoms in total. The summed E-state index contributed by atoms with van der Waals surface area (Å²) in [5.41, 5.74) is 1.59. The van der Waals surface area contributed by atoms with E-state index in [4.69, 9.17) is 10.8 Å². The molecule has 0 spiro atoms. The van der Waals surface area contributed by atoms with Gasteiger partial charge in [0.05, 0.1) is 18.5 Å². The van der Waals surface area contributed by atoms with Gasteiger partial charge in [-0.05, 0) is 0 Å². The molecule has 2 heterocycles. The zero-order chi connectivity index (χ0) is 8.81. The predicted molar refractivity (Wildman–Crippen MR) is 42.1 cm³/mol. The van der Waals surface area contributed by atoms with E-state index in [1.807, 2.05) is 0 Å². The minimum atomic E-state index is 0.713. The van der Waals surface area contributed by atoms with Gasteiger partial charge in [-0.3, -0.25) is 0 Å².